The highest BCUT2D eigenvalue weighted by atomic mass is 19.4. The van der Waals surface area contributed by atoms with Crippen molar-refractivity contribution in [3.63, 3.8) is 0 Å². The molecule has 1 aromatic heterocycles. The van der Waals surface area contributed by atoms with Crippen LogP contribution in [0.3, 0.4) is 0 Å². The van der Waals surface area contributed by atoms with E-state index in [1.807, 2.05) is 13.8 Å². The number of hydrogen-bond acceptors (Lipinski definition) is 3. The molecule has 0 saturated carbocycles. The van der Waals surface area contributed by atoms with Gasteiger partial charge in [0.1, 0.15) is 0 Å². The minimum absolute atomic E-state index is 0.214. The zero-order chi connectivity index (χ0) is 12.3. The van der Waals surface area contributed by atoms with Crippen molar-refractivity contribution in [3.05, 3.63) is 17.8 Å². The predicted molar refractivity (Wildman–Crippen MR) is 55.2 cm³/mol. The molecule has 0 spiro atoms. The van der Waals surface area contributed by atoms with Gasteiger partial charge in [-0.25, -0.2) is 0 Å². The molecule has 1 heterocycles. The summed E-state index contributed by atoms with van der Waals surface area (Å²) in [5.74, 6) is 0.447. The van der Waals surface area contributed by atoms with E-state index in [4.69, 9.17) is 0 Å². The first-order valence-corrected chi connectivity index (χ1v) is 5.00. The SMILES string of the molecule is CCC(C)N(C)c1ccc(C(F)(F)F)nn1. The van der Waals surface area contributed by atoms with Gasteiger partial charge in [-0.2, -0.15) is 13.2 Å². The smallest absolute Gasteiger partial charge is 0.356 e. The third-order valence-corrected chi connectivity index (χ3v) is 2.55. The van der Waals surface area contributed by atoms with Gasteiger partial charge in [0.25, 0.3) is 0 Å². The first kappa shape index (κ1) is 12.7. The van der Waals surface area contributed by atoms with E-state index in [-0.39, 0.29) is 6.04 Å². The highest BCUT2D eigenvalue weighted by Gasteiger charge is 2.33. The van der Waals surface area contributed by atoms with E-state index in [1.54, 1.807) is 11.9 Å². The zero-order valence-electron chi connectivity index (χ0n) is 9.41. The molecule has 1 atom stereocenters. The van der Waals surface area contributed by atoms with Crippen molar-refractivity contribution in [1.29, 1.82) is 0 Å². The summed E-state index contributed by atoms with van der Waals surface area (Å²) in [4.78, 5) is 1.80. The van der Waals surface area contributed by atoms with Crippen LogP contribution < -0.4 is 4.90 Å². The van der Waals surface area contributed by atoms with E-state index < -0.39 is 11.9 Å². The molecule has 90 valence electrons. The summed E-state index contributed by atoms with van der Waals surface area (Å²) < 4.78 is 36.7. The first-order chi connectivity index (χ1) is 7.36. The Morgan fingerprint density at radius 2 is 1.94 bits per heavy atom. The van der Waals surface area contributed by atoms with Crippen molar-refractivity contribution in [2.75, 3.05) is 11.9 Å². The summed E-state index contributed by atoms with van der Waals surface area (Å²) in [7, 11) is 1.78. The Morgan fingerprint density at radius 3 is 2.31 bits per heavy atom. The van der Waals surface area contributed by atoms with Gasteiger partial charge in [-0.1, -0.05) is 6.92 Å². The van der Waals surface area contributed by atoms with Crippen molar-refractivity contribution in [3.8, 4) is 0 Å². The van der Waals surface area contributed by atoms with E-state index in [0.717, 1.165) is 12.5 Å². The van der Waals surface area contributed by atoms with Crippen LogP contribution >= 0.6 is 0 Å². The number of aromatic nitrogens is 2. The van der Waals surface area contributed by atoms with E-state index in [1.165, 1.54) is 6.07 Å². The van der Waals surface area contributed by atoms with Gasteiger partial charge in [-0.15, -0.1) is 10.2 Å². The summed E-state index contributed by atoms with van der Waals surface area (Å²) in [6, 6.07) is 2.49. The lowest BCUT2D eigenvalue weighted by molar-refractivity contribution is -0.141. The Balaban J connectivity index is 2.87. The average Bonchev–Trinajstić information content (AvgIpc) is 2.26. The van der Waals surface area contributed by atoms with Gasteiger partial charge in [0.05, 0.1) is 0 Å². The molecule has 0 saturated heterocycles. The van der Waals surface area contributed by atoms with Crippen molar-refractivity contribution in [2.45, 2.75) is 32.5 Å². The van der Waals surface area contributed by atoms with Crippen molar-refractivity contribution in [1.82, 2.24) is 10.2 Å². The second-order valence-electron chi connectivity index (χ2n) is 3.64. The van der Waals surface area contributed by atoms with E-state index in [9.17, 15) is 13.2 Å². The molecule has 0 aliphatic carbocycles. The lowest BCUT2D eigenvalue weighted by atomic mass is 10.2. The van der Waals surface area contributed by atoms with Gasteiger partial charge in [0.15, 0.2) is 11.5 Å². The number of nitrogens with zero attached hydrogens (tertiary/aromatic N) is 3. The average molecular weight is 233 g/mol. The Hall–Kier alpha value is -1.33. The fourth-order valence-corrected chi connectivity index (χ4v) is 1.16. The second kappa shape index (κ2) is 4.67. The predicted octanol–water partition coefficient (Wildman–Crippen LogP) is 2.73. The van der Waals surface area contributed by atoms with Gasteiger partial charge in [-0.05, 0) is 25.5 Å². The van der Waals surface area contributed by atoms with Crippen LogP contribution in [0.2, 0.25) is 0 Å². The summed E-state index contributed by atoms with van der Waals surface area (Å²) in [5, 5.41) is 6.74. The van der Waals surface area contributed by atoms with Crippen LogP contribution in [-0.4, -0.2) is 23.3 Å². The third kappa shape index (κ3) is 2.84. The van der Waals surface area contributed by atoms with Gasteiger partial charge in [-0.3, -0.25) is 0 Å². The van der Waals surface area contributed by atoms with Crippen molar-refractivity contribution in [2.24, 2.45) is 0 Å². The van der Waals surface area contributed by atoms with Crippen molar-refractivity contribution >= 4 is 5.82 Å². The second-order valence-corrected chi connectivity index (χ2v) is 3.64. The van der Waals surface area contributed by atoms with Crippen LogP contribution in [0.15, 0.2) is 12.1 Å². The van der Waals surface area contributed by atoms with Crippen LogP contribution in [0.4, 0.5) is 19.0 Å². The molecule has 0 aliphatic rings. The van der Waals surface area contributed by atoms with Crippen LogP contribution in [0.25, 0.3) is 0 Å². The molecule has 0 bridgehead atoms. The molecule has 1 rings (SSSR count). The normalized spacial score (nSPS) is 13.6. The number of alkyl halides is 3. The lowest BCUT2D eigenvalue weighted by Crippen LogP contribution is -2.29. The van der Waals surface area contributed by atoms with E-state index in [2.05, 4.69) is 10.2 Å². The molecule has 0 aliphatic heterocycles. The third-order valence-electron chi connectivity index (χ3n) is 2.55. The Morgan fingerprint density at radius 1 is 1.31 bits per heavy atom. The van der Waals surface area contributed by atoms with Gasteiger partial charge < -0.3 is 4.90 Å². The van der Waals surface area contributed by atoms with E-state index in [0.29, 0.717) is 5.82 Å². The highest BCUT2D eigenvalue weighted by Crippen LogP contribution is 2.27. The monoisotopic (exact) mass is 233 g/mol. The summed E-state index contributed by atoms with van der Waals surface area (Å²) in [6.07, 6.45) is -3.54. The zero-order valence-corrected chi connectivity index (χ0v) is 9.41. The molecule has 3 nitrogen and oxygen atoms in total. The minimum atomic E-state index is -4.43. The number of halogens is 3. The number of rotatable bonds is 3. The molecule has 0 aromatic carbocycles. The molecular formula is C10H14F3N3. The minimum Gasteiger partial charge on any atom is -0.356 e. The van der Waals surface area contributed by atoms with Crippen LogP contribution in [0.5, 0.6) is 0 Å². The summed E-state index contributed by atoms with van der Waals surface area (Å²) in [5.41, 5.74) is -0.964. The molecule has 0 radical (unpaired) electrons. The maximum absolute atomic E-state index is 12.2. The largest absolute Gasteiger partial charge is 0.435 e. The highest BCUT2D eigenvalue weighted by molar-refractivity contribution is 5.37. The maximum atomic E-state index is 12.2. The van der Waals surface area contributed by atoms with Gasteiger partial charge >= 0.3 is 6.18 Å². The number of anilines is 1. The molecule has 1 aromatic rings. The maximum Gasteiger partial charge on any atom is 0.435 e. The number of hydrogen-bond donors (Lipinski definition) is 0. The molecule has 0 amide bonds. The molecule has 16 heavy (non-hydrogen) atoms. The quantitative estimate of drug-likeness (QED) is 0.803. The molecule has 6 heteroatoms. The van der Waals surface area contributed by atoms with Crippen LogP contribution in [0, 0.1) is 0 Å². The van der Waals surface area contributed by atoms with Gasteiger partial charge in [0, 0.05) is 13.1 Å². The Labute approximate surface area is 92.3 Å². The molecule has 1 unspecified atom stereocenters. The topological polar surface area (TPSA) is 29.0 Å². The fraction of sp³-hybridized carbons (Fsp3) is 0.600. The molecule has 0 N–H and O–H groups in total. The van der Waals surface area contributed by atoms with Crippen LogP contribution in [0.1, 0.15) is 26.0 Å². The Kier molecular flexibility index (Phi) is 3.72. The molecular weight excluding hydrogens is 219 g/mol. The molecule has 0 fully saturated rings. The van der Waals surface area contributed by atoms with Crippen molar-refractivity contribution < 1.29 is 13.2 Å². The van der Waals surface area contributed by atoms with Gasteiger partial charge in [0.2, 0.25) is 0 Å². The fourth-order valence-electron chi connectivity index (χ4n) is 1.16. The first-order valence-electron chi connectivity index (χ1n) is 5.00. The summed E-state index contributed by atoms with van der Waals surface area (Å²) >= 11 is 0. The van der Waals surface area contributed by atoms with Crippen LogP contribution in [-0.2, 0) is 6.18 Å². The Bertz CT molecular complexity index is 334. The standard InChI is InChI=1S/C10H14F3N3/c1-4-7(2)16(3)9-6-5-8(14-15-9)10(11,12)13/h5-7H,4H2,1-3H3. The summed E-state index contributed by atoms with van der Waals surface area (Å²) in [6.45, 7) is 3.97. The van der Waals surface area contributed by atoms with E-state index >= 15 is 0 Å². The lowest BCUT2D eigenvalue weighted by Gasteiger charge is -2.24.